The molecule has 0 amide bonds. The van der Waals surface area contributed by atoms with Crippen molar-refractivity contribution < 1.29 is 0 Å². The molecule has 2 heteroatoms. The number of aryl methyl sites for hydroxylation is 1. The maximum Gasteiger partial charge on any atom is 0.0304 e. The lowest BCUT2D eigenvalue weighted by Crippen LogP contribution is -2.11. The maximum atomic E-state index is 3.22. The fourth-order valence-corrected chi connectivity index (χ4v) is 1.28. The van der Waals surface area contributed by atoms with E-state index >= 15 is 0 Å². The monoisotopic (exact) mass is 166 g/mol. The number of nitrogens with one attached hydrogen (secondary N) is 1. The number of aromatic nitrogens is 1. The Morgan fingerprint density at radius 1 is 1.58 bits per heavy atom. The van der Waals surface area contributed by atoms with Gasteiger partial charge in [0.1, 0.15) is 0 Å². The summed E-state index contributed by atoms with van der Waals surface area (Å²) in [7, 11) is 1.99. The van der Waals surface area contributed by atoms with Crippen LogP contribution in [-0.2, 0) is 6.54 Å². The van der Waals surface area contributed by atoms with Crippen LogP contribution in [0.15, 0.2) is 18.5 Å². The minimum Gasteiger partial charge on any atom is -0.354 e. The van der Waals surface area contributed by atoms with Gasteiger partial charge in [-0.25, -0.2) is 0 Å². The first kappa shape index (κ1) is 9.33. The highest BCUT2D eigenvalue weighted by molar-refractivity contribution is 5.14. The molecule has 0 bridgehead atoms. The quantitative estimate of drug-likeness (QED) is 0.725. The van der Waals surface area contributed by atoms with E-state index in [9.17, 15) is 0 Å². The minimum absolute atomic E-state index is 0.461. The van der Waals surface area contributed by atoms with E-state index in [1.807, 2.05) is 7.05 Å². The normalized spacial score (nSPS) is 13.2. The average molecular weight is 166 g/mol. The van der Waals surface area contributed by atoms with E-state index < -0.39 is 0 Å². The van der Waals surface area contributed by atoms with Gasteiger partial charge < -0.3 is 9.88 Å². The third-order valence-electron chi connectivity index (χ3n) is 2.19. The molecule has 0 aromatic carbocycles. The molecule has 1 rings (SSSR count). The molecule has 0 spiro atoms. The summed E-state index contributed by atoms with van der Waals surface area (Å²) in [5.74, 6) is 0. The molecule has 1 N–H and O–H groups in total. The second kappa shape index (κ2) is 4.31. The Morgan fingerprint density at radius 2 is 2.33 bits per heavy atom. The molecule has 1 aromatic rings. The lowest BCUT2D eigenvalue weighted by molar-refractivity contribution is 0.640. The largest absolute Gasteiger partial charge is 0.354 e. The Balaban J connectivity index is 2.63. The molecule has 1 aromatic heterocycles. The Hall–Kier alpha value is -0.760. The SMILES string of the molecule is CCCn1ccc(C(C)NC)c1. The summed E-state index contributed by atoms with van der Waals surface area (Å²) in [5, 5.41) is 3.22. The smallest absolute Gasteiger partial charge is 0.0304 e. The van der Waals surface area contributed by atoms with E-state index in [1.54, 1.807) is 0 Å². The molecule has 0 aliphatic heterocycles. The van der Waals surface area contributed by atoms with Crippen LogP contribution in [0.1, 0.15) is 31.9 Å². The van der Waals surface area contributed by atoms with Crippen LogP contribution in [-0.4, -0.2) is 11.6 Å². The van der Waals surface area contributed by atoms with Crippen LogP contribution < -0.4 is 5.32 Å². The summed E-state index contributed by atoms with van der Waals surface area (Å²) in [4.78, 5) is 0. The van der Waals surface area contributed by atoms with Crippen LogP contribution in [0.4, 0.5) is 0 Å². The van der Waals surface area contributed by atoms with Gasteiger partial charge in [-0.05, 0) is 32.0 Å². The van der Waals surface area contributed by atoms with E-state index in [-0.39, 0.29) is 0 Å². The topological polar surface area (TPSA) is 17.0 Å². The summed E-state index contributed by atoms with van der Waals surface area (Å²) in [6.45, 7) is 5.49. The predicted molar refractivity (Wildman–Crippen MR) is 52.2 cm³/mol. The number of hydrogen-bond donors (Lipinski definition) is 1. The molecule has 12 heavy (non-hydrogen) atoms. The Bertz CT molecular complexity index is 227. The van der Waals surface area contributed by atoms with Crippen LogP contribution >= 0.6 is 0 Å². The van der Waals surface area contributed by atoms with Gasteiger partial charge in [0.2, 0.25) is 0 Å². The molecule has 1 unspecified atom stereocenters. The van der Waals surface area contributed by atoms with E-state index in [2.05, 4.69) is 42.2 Å². The van der Waals surface area contributed by atoms with Gasteiger partial charge in [-0.1, -0.05) is 6.92 Å². The van der Waals surface area contributed by atoms with Crippen LogP contribution in [0, 0.1) is 0 Å². The van der Waals surface area contributed by atoms with Crippen molar-refractivity contribution in [1.82, 2.24) is 9.88 Å². The molecule has 0 aliphatic carbocycles. The van der Waals surface area contributed by atoms with Crippen LogP contribution in [0.5, 0.6) is 0 Å². The molecule has 1 atom stereocenters. The summed E-state index contributed by atoms with van der Waals surface area (Å²) in [6.07, 6.45) is 5.55. The number of nitrogens with zero attached hydrogens (tertiary/aromatic N) is 1. The van der Waals surface area contributed by atoms with Crippen molar-refractivity contribution in [2.45, 2.75) is 32.9 Å². The Kier molecular flexibility index (Phi) is 3.35. The van der Waals surface area contributed by atoms with Gasteiger partial charge in [0.25, 0.3) is 0 Å². The van der Waals surface area contributed by atoms with Crippen molar-refractivity contribution in [2.75, 3.05) is 7.05 Å². The summed E-state index contributed by atoms with van der Waals surface area (Å²) in [6, 6.07) is 2.64. The summed E-state index contributed by atoms with van der Waals surface area (Å²) >= 11 is 0. The molecule has 1 heterocycles. The van der Waals surface area contributed by atoms with Gasteiger partial charge in [-0.15, -0.1) is 0 Å². The van der Waals surface area contributed by atoms with Crippen molar-refractivity contribution >= 4 is 0 Å². The zero-order chi connectivity index (χ0) is 8.97. The molecule has 0 aliphatic rings. The second-order valence-corrected chi connectivity index (χ2v) is 3.19. The van der Waals surface area contributed by atoms with Gasteiger partial charge in [0, 0.05) is 25.0 Å². The zero-order valence-corrected chi connectivity index (χ0v) is 8.17. The third kappa shape index (κ3) is 2.11. The van der Waals surface area contributed by atoms with Gasteiger partial charge in [0.15, 0.2) is 0 Å². The average Bonchev–Trinajstić information content (AvgIpc) is 2.52. The molecule has 2 nitrogen and oxygen atoms in total. The van der Waals surface area contributed by atoms with E-state index in [0.29, 0.717) is 6.04 Å². The van der Waals surface area contributed by atoms with Gasteiger partial charge >= 0.3 is 0 Å². The van der Waals surface area contributed by atoms with Gasteiger partial charge in [-0.2, -0.15) is 0 Å². The first-order valence-corrected chi connectivity index (χ1v) is 4.61. The summed E-state index contributed by atoms with van der Waals surface area (Å²) < 4.78 is 2.24. The van der Waals surface area contributed by atoms with Crippen molar-refractivity contribution in [3.63, 3.8) is 0 Å². The molecule has 0 saturated carbocycles. The highest BCUT2D eigenvalue weighted by atomic mass is 14.9. The molecular formula is C10H18N2. The number of rotatable bonds is 4. The standard InChI is InChI=1S/C10H18N2/c1-4-6-12-7-5-10(8-12)9(2)11-3/h5,7-9,11H,4,6H2,1-3H3. The first-order chi connectivity index (χ1) is 5.77. The molecule has 68 valence electrons. The predicted octanol–water partition coefficient (Wildman–Crippen LogP) is 2.18. The van der Waals surface area contributed by atoms with Crippen LogP contribution in [0.2, 0.25) is 0 Å². The molecular weight excluding hydrogens is 148 g/mol. The Morgan fingerprint density at radius 3 is 2.92 bits per heavy atom. The van der Waals surface area contributed by atoms with Gasteiger partial charge in [0.05, 0.1) is 0 Å². The molecule has 0 fully saturated rings. The van der Waals surface area contributed by atoms with Crippen molar-refractivity contribution in [3.8, 4) is 0 Å². The Labute approximate surface area is 74.6 Å². The highest BCUT2D eigenvalue weighted by Gasteiger charge is 2.02. The third-order valence-corrected chi connectivity index (χ3v) is 2.19. The van der Waals surface area contributed by atoms with Crippen molar-refractivity contribution in [2.24, 2.45) is 0 Å². The van der Waals surface area contributed by atoms with E-state index in [1.165, 1.54) is 12.0 Å². The number of hydrogen-bond acceptors (Lipinski definition) is 1. The fraction of sp³-hybridized carbons (Fsp3) is 0.600. The van der Waals surface area contributed by atoms with E-state index in [0.717, 1.165) is 6.54 Å². The van der Waals surface area contributed by atoms with Crippen molar-refractivity contribution in [3.05, 3.63) is 24.0 Å². The lowest BCUT2D eigenvalue weighted by Gasteiger charge is -2.06. The lowest BCUT2D eigenvalue weighted by atomic mass is 10.2. The van der Waals surface area contributed by atoms with Crippen LogP contribution in [0.25, 0.3) is 0 Å². The second-order valence-electron chi connectivity index (χ2n) is 3.19. The highest BCUT2D eigenvalue weighted by Crippen LogP contribution is 2.11. The minimum atomic E-state index is 0.461. The van der Waals surface area contributed by atoms with Crippen LogP contribution in [0.3, 0.4) is 0 Å². The van der Waals surface area contributed by atoms with E-state index in [4.69, 9.17) is 0 Å². The van der Waals surface area contributed by atoms with Gasteiger partial charge in [-0.3, -0.25) is 0 Å². The molecule has 0 saturated heterocycles. The maximum absolute atomic E-state index is 3.22. The first-order valence-electron chi connectivity index (χ1n) is 4.61. The summed E-state index contributed by atoms with van der Waals surface area (Å²) in [5.41, 5.74) is 1.37. The zero-order valence-electron chi connectivity index (χ0n) is 8.17. The van der Waals surface area contributed by atoms with Crippen molar-refractivity contribution in [1.29, 1.82) is 0 Å². The fourth-order valence-electron chi connectivity index (χ4n) is 1.28. The molecule has 0 radical (unpaired) electrons.